The fraction of sp³-hybridized carbons (Fsp3) is 0. The summed E-state index contributed by atoms with van der Waals surface area (Å²) in [5.74, 6) is 0. The molecule has 20 rings (SSSR count). The number of hydrogen-bond acceptors (Lipinski definition) is 6. The number of nitrogens with zero attached hydrogens (tertiary/aromatic N) is 2. The lowest BCUT2D eigenvalue weighted by Gasteiger charge is -2.34. The van der Waals surface area contributed by atoms with Crippen molar-refractivity contribution in [3.8, 4) is 56.6 Å². The van der Waals surface area contributed by atoms with Crippen molar-refractivity contribution in [2.24, 2.45) is 0 Å². The third kappa shape index (κ3) is 6.38. The van der Waals surface area contributed by atoms with Crippen molar-refractivity contribution in [2.45, 2.75) is 0 Å². The molecule has 6 nitrogen and oxygen atoms in total. The summed E-state index contributed by atoms with van der Waals surface area (Å²) < 4.78 is 26.7. The summed E-state index contributed by atoms with van der Waals surface area (Å²) in [6.07, 6.45) is 0. The molecule has 394 valence electrons. The molecule has 0 N–H and O–H groups in total. The van der Waals surface area contributed by atoms with Crippen LogP contribution in [-0.4, -0.2) is 6.71 Å². The number of benzene rings is 14. The second kappa shape index (κ2) is 17.5. The Balaban J connectivity index is 0.000000126. The number of halogens is 1. The summed E-state index contributed by atoms with van der Waals surface area (Å²) in [5.41, 5.74) is 20.8. The van der Waals surface area contributed by atoms with Crippen LogP contribution in [0.25, 0.3) is 175 Å². The quantitative estimate of drug-likeness (QED) is 0.160. The molecule has 0 aliphatic carbocycles. The smallest absolute Gasteiger partial charge is 0.244 e. The van der Waals surface area contributed by atoms with E-state index < -0.39 is 0 Å². The van der Waals surface area contributed by atoms with E-state index in [0.29, 0.717) is 11.1 Å². The minimum atomic E-state index is 0.0220. The van der Waals surface area contributed by atoms with E-state index in [9.17, 15) is 10.5 Å². The van der Waals surface area contributed by atoms with Crippen LogP contribution in [0.2, 0.25) is 0 Å². The molecule has 4 aromatic heterocycles. The number of fused-ring (bicyclic) bond motifs is 22. The van der Waals surface area contributed by atoms with E-state index >= 15 is 0 Å². The first-order valence-corrected chi connectivity index (χ1v) is 29.5. The van der Waals surface area contributed by atoms with Gasteiger partial charge in [0.05, 0.1) is 23.3 Å². The highest BCUT2D eigenvalue weighted by atomic mass is 79.9. The molecule has 0 saturated carbocycles. The molecule has 14 aromatic carbocycles. The Bertz CT molecular complexity index is 5850. The number of para-hydroxylation sites is 4. The highest BCUT2D eigenvalue weighted by Crippen LogP contribution is 2.49. The minimum Gasteiger partial charge on any atom is -0.455 e. The Hall–Kier alpha value is -11.2. The average molecular weight is 1160 g/mol. The Morgan fingerprint density at radius 2 is 0.581 bits per heavy atom. The number of furan rings is 4. The highest BCUT2D eigenvalue weighted by molar-refractivity contribution is 9.10. The van der Waals surface area contributed by atoms with Crippen molar-refractivity contribution in [1.82, 2.24) is 0 Å². The first-order chi connectivity index (χ1) is 42.5. The summed E-state index contributed by atoms with van der Waals surface area (Å²) in [4.78, 5) is 0. The second-order valence-corrected chi connectivity index (χ2v) is 23.5. The van der Waals surface area contributed by atoms with Gasteiger partial charge in [0.25, 0.3) is 0 Å². The van der Waals surface area contributed by atoms with E-state index in [1.807, 2.05) is 84.9 Å². The summed E-state index contributed by atoms with van der Waals surface area (Å²) in [7, 11) is 0. The standard InChI is InChI=1S/C39H18BNO2.C39H20BrNO2/c41-19-20-15-27-25-17-29-21-7-1-3-13-33(21)42-38(29)23-9-5-11-31(35(23)25)40-32-12-6-10-24-36(32)26(28(16-20)37(27)40)18-30-22-8-2-4-14-34(22)43-39(24)30;40-37-31(29-19-33-25-11-5-7-15-35(25)42-38(33)27-13-3-1-9-23(27)29)17-22(21-41)18-32(37)30-20-34-26-12-6-8-16-36(26)43-39(34)28-14-4-2-10-24(28)30/h1-18H;1-20H. The zero-order valence-electron chi connectivity index (χ0n) is 45.4. The van der Waals surface area contributed by atoms with Crippen LogP contribution in [0.5, 0.6) is 0 Å². The van der Waals surface area contributed by atoms with E-state index in [1.54, 1.807) is 0 Å². The molecule has 2 aliphatic heterocycles. The largest absolute Gasteiger partial charge is 0.455 e. The van der Waals surface area contributed by atoms with E-state index in [0.717, 1.165) is 158 Å². The van der Waals surface area contributed by atoms with Crippen molar-refractivity contribution in [3.05, 3.63) is 246 Å². The fourth-order valence-corrected chi connectivity index (χ4v) is 15.5. The molecule has 0 saturated heterocycles. The number of rotatable bonds is 2. The molecular weight excluding hydrogens is 1120 g/mol. The molecule has 6 heterocycles. The Kier molecular flexibility index (Phi) is 9.61. The van der Waals surface area contributed by atoms with Crippen LogP contribution < -0.4 is 16.4 Å². The first kappa shape index (κ1) is 47.3. The third-order valence-electron chi connectivity index (χ3n) is 18.4. The van der Waals surface area contributed by atoms with Gasteiger partial charge in [-0.1, -0.05) is 174 Å². The lowest BCUT2D eigenvalue weighted by molar-refractivity contribution is 0.672. The summed E-state index contributed by atoms with van der Waals surface area (Å²) in [6, 6.07) is 84.8. The molecule has 0 atom stereocenters. The van der Waals surface area contributed by atoms with Gasteiger partial charge in [0.2, 0.25) is 6.71 Å². The molecule has 2 aliphatic rings. The number of hydrogen-bond donors (Lipinski definition) is 0. The summed E-state index contributed by atoms with van der Waals surface area (Å²) in [5, 5.41) is 38.1. The van der Waals surface area contributed by atoms with Crippen LogP contribution in [-0.2, 0) is 0 Å². The first-order valence-electron chi connectivity index (χ1n) is 28.7. The fourth-order valence-electron chi connectivity index (χ4n) is 14.8. The lowest BCUT2D eigenvalue weighted by Crippen LogP contribution is -2.57. The van der Waals surface area contributed by atoms with Gasteiger partial charge in [0.15, 0.2) is 0 Å². The van der Waals surface area contributed by atoms with E-state index in [4.69, 9.17) is 17.7 Å². The van der Waals surface area contributed by atoms with Crippen molar-refractivity contribution in [1.29, 1.82) is 10.5 Å². The van der Waals surface area contributed by atoms with Crippen molar-refractivity contribution >= 4 is 170 Å². The van der Waals surface area contributed by atoms with Gasteiger partial charge in [-0.2, -0.15) is 10.5 Å². The van der Waals surface area contributed by atoms with Crippen LogP contribution in [0.15, 0.2) is 253 Å². The topological polar surface area (TPSA) is 100 Å². The molecule has 0 radical (unpaired) electrons. The van der Waals surface area contributed by atoms with Gasteiger partial charge in [0.1, 0.15) is 44.7 Å². The molecule has 8 heteroatoms. The van der Waals surface area contributed by atoms with Gasteiger partial charge in [-0.3, -0.25) is 0 Å². The van der Waals surface area contributed by atoms with Gasteiger partial charge in [-0.25, -0.2) is 0 Å². The molecule has 0 amide bonds. The highest BCUT2D eigenvalue weighted by Gasteiger charge is 2.40. The maximum absolute atomic E-state index is 10.3. The van der Waals surface area contributed by atoms with Gasteiger partial charge in [-0.05, 0) is 155 Å². The van der Waals surface area contributed by atoms with Gasteiger partial charge >= 0.3 is 0 Å². The Morgan fingerprint density at radius 1 is 0.279 bits per heavy atom. The van der Waals surface area contributed by atoms with Gasteiger partial charge in [0, 0.05) is 69.1 Å². The van der Waals surface area contributed by atoms with Crippen molar-refractivity contribution in [3.63, 3.8) is 0 Å². The Morgan fingerprint density at radius 3 is 0.953 bits per heavy atom. The SMILES string of the molecule is N#Cc1cc(-c2cc3c4ccccc4oc3c3ccccc23)c(Br)c(-c2cc3c4ccccc4oc3c3ccccc23)c1.N#Cc1cc2c3c(c1)-c1cc4c5ccccc5oc4c4cccc(c14)B3c1cccc3c1c-2cc1c2ccccc2oc31. The molecule has 0 bridgehead atoms. The molecule has 0 spiro atoms. The minimum absolute atomic E-state index is 0.0220. The van der Waals surface area contributed by atoms with Crippen LogP contribution in [0.3, 0.4) is 0 Å². The van der Waals surface area contributed by atoms with E-state index in [1.165, 1.54) is 38.3 Å². The Labute approximate surface area is 497 Å². The second-order valence-electron chi connectivity index (χ2n) is 22.8. The normalized spacial score (nSPS) is 12.4. The zero-order chi connectivity index (χ0) is 56.6. The molecule has 0 unspecified atom stereocenters. The zero-order valence-corrected chi connectivity index (χ0v) is 47.0. The summed E-state index contributed by atoms with van der Waals surface area (Å²) in [6.45, 7) is 0.0220. The number of nitriles is 2. The molecular formula is C78H38BBrN2O4. The van der Waals surface area contributed by atoms with Crippen LogP contribution in [0, 0.1) is 22.7 Å². The van der Waals surface area contributed by atoms with E-state index in [2.05, 4.69) is 174 Å². The third-order valence-corrected chi connectivity index (χ3v) is 19.3. The van der Waals surface area contributed by atoms with Crippen molar-refractivity contribution < 1.29 is 17.7 Å². The predicted molar refractivity (Wildman–Crippen MR) is 356 cm³/mol. The summed E-state index contributed by atoms with van der Waals surface area (Å²) >= 11 is 4.04. The maximum atomic E-state index is 10.3. The van der Waals surface area contributed by atoms with Crippen LogP contribution in [0.4, 0.5) is 0 Å². The molecule has 86 heavy (non-hydrogen) atoms. The molecule has 0 fully saturated rings. The van der Waals surface area contributed by atoms with Crippen LogP contribution in [0.1, 0.15) is 11.1 Å². The predicted octanol–water partition coefficient (Wildman–Crippen LogP) is 19.9. The van der Waals surface area contributed by atoms with Gasteiger partial charge < -0.3 is 17.7 Å². The van der Waals surface area contributed by atoms with Crippen molar-refractivity contribution in [2.75, 3.05) is 0 Å². The van der Waals surface area contributed by atoms with E-state index in [-0.39, 0.29) is 6.71 Å². The molecule has 18 aromatic rings. The monoisotopic (exact) mass is 1160 g/mol. The average Bonchev–Trinajstić information content (AvgIpc) is 0.972. The van der Waals surface area contributed by atoms with Gasteiger partial charge in [-0.15, -0.1) is 0 Å². The van der Waals surface area contributed by atoms with Crippen LogP contribution >= 0.6 is 15.9 Å². The maximum Gasteiger partial charge on any atom is 0.244 e. The lowest BCUT2D eigenvalue weighted by atomic mass is 9.31.